The number of nitrogens with one attached hydrogen (secondary N) is 1. The summed E-state index contributed by atoms with van der Waals surface area (Å²) >= 11 is 0. The molecule has 0 aromatic rings. The highest BCUT2D eigenvalue weighted by Crippen LogP contribution is 2.35. The first-order valence-electron chi connectivity index (χ1n) is 5.78. The minimum absolute atomic E-state index is 0.0404. The molecule has 0 aromatic heterocycles. The van der Waals surface area contributed by atoms with Crippen LogP contribution in [0.5, 0.6) is 0 Å². The van der Waals surface area contributed by atoms with Gasteiger partial charge in [0.2, 0.25) is 0 Å². The molecule has 0 aromatic carbocycles. The van der Waals surface area contributed by atoms with Crippen molar-refractivity contribution in [1.29, 1.82) is 0 Å². The lowest BCUT2D eigenvalue weighted by molar-refractivity contribution is -0.139. The van der Waals surface area contributed by atoms with Crippen LogP contribution >= 0.6 is 0 Å². The number of hydrogen-bond acceptors (Lipinski definition) is 3. The second kappa shape index (κ2) is 5.35. The molecule has 1 saturated carbocycles. The SMILES string of the molecule is CC(O)CN(C)C(=O)NC1(CC(=O)O)CCC1. The highest BCUT2D eigenvalue weighted by atomic mass is 16.4. The number of carboxylic acid groups (broad SMARTS) is 1. The highest BCUT2D eigenvalue weighted by Gasteiger charge is 2.40. The Morgan fingerprint density at radius 3 is 2.41 bits per heavy atom. The first-order chi connectivity index (χ1) is 7.84. The lowest BCUT2D eigenvalue weighted by Crippen LogP contribution is -2.58. The van der Waals surface area contributed by atoms with Gasteiger partial charge >= 0.3 is 12.0 Å². The number of urea groups is 1. The van der Waals surface area contributed by atoms with Crippen LogP contribution in [0.25, 0.3) is 0 Å². The van der Waals surface area contributed by atoms with E-state index >= 15 is 0 Å². The molecule has 1 fully saturated rings. The smallest absolute Gasteiger partial charge is 0.317 e. The first-order valence-corrected chi connectivity index (χ1v) is 5.78. The van der Waals surface area contributed by atoms with Crippen LogP contribution in [0.3, 0.4) is 0 Å². The summed E-state index contributed by atoms with van der Waals surface area (Å²) in [4.78, 5) is 23.9. The van der Waals surface area contributed by atoms with Gasteiger partial charge in [-0.25, -0.2) is 4.79 Å². The standard InChI is InChI=1S/C11H20N2O4/c1-8(14)7-13(2)10(17)12-11(4-3-5-11)6-9(15)16/h8,14H,3-7H2,1-2H3,(H,12,17)(H,15,16). The Bertz CT molecular complexity index is 300. The number of amides is 2. The largest absolute Gasteiger partial charge is 0.481 e. The fraction of sp³-hybridized carbons (Fsp3) is 0.818. The van der Waals surface area contributed by atoms with Crippen LogP contribution in [0.1, 0.15) is 32.6 Å². The minimum atomic E-state index is -0.900. The molecule has 1 atom stereocenters. The summed E-state index contributed by atoms with van der Waals surface area (Å²) in [5, 5.41) is 20.7. The quantitative estimate of drug-likeness (QED) is 0.653. The monoisotopic (exact) mass is 244 g/mol. The number of likely N-dealkylation sites (N-methyl/N-ethyl adjacent to an activating group) is 1. The Morgan fingerprint density at radius 1 is 1.47 bits per heavy atom. The number of carbonyl (C=O) groups is 2. The van der Waals surface area contributed by atoms with Crippen molar-refractivity contribution in [3.05, 3.63) is 0 Å². The predicted octanol–water partition coefficient (Wildman–Crippen LogP) is 0.406. The van der Waals surface area contributed by atoms with Crippen LogP contribution in [0.15, 0.2) is 0 Å². The third kappa shape index (κ3) is 3.89. The number of carbonyl (C=O) groups excluding carboxylic acids is 1. The third-order valence-electron chi connectivity index (χ3n) is 3.06. The molecule has 6 nitrogen and oxygen atoms in total. The maximum Gasteiger partial charge on any atom is 0.317 e. The summed E-state index contributed by atoms with van der Waals surface area (Å²) in [5.74, 6) is -0.900. The molecule has 1 rings (SSSR count). The average molecular weight is 244 g/mol. The summed E-state index contributed by atoms with van der Waals surface area (Å²) in [6.07, 6.45) is 1.71. The van der Waals surface area contributed by atoms with E-state index in [0.29, 0.717) is 12.8 Å². The number of nitrogens with zero attached hydrogens (tertiary/aromatic N) is 1. The first kappa shape index (κ1) is 13.8. The topological polar surface area (TPSA) is 89.9 Å². The number of hydrogen-bond donors (Lipinski definition) is 3. The van der Waals surface area contributed by atoms with Crippen LogP contribution in [-0.4, -0.2) is 52.3 Å². The van der Waals surface area contributed by atoms with E-state index in [4.69, 9.17) is 5.11 Å². The van der Waals surface area contributed by atoms with Gasteiger partial charge in [0.15, 0.2) is 0 Å². The van der Waals surface area contributed by atoms with E-state index in [1.54, 1.807) is 14.0 Å². The minimum Gasteiger partial charge on any atom is -0.481 e. The molecule has 0 aliphatic heterocycles. The molecule has 17 heavy (non-hydrogen) atoms. The zero-order chi connectivity index (χ0) is 13.1. The van der Waals surface area contributed by atoms with Gasteiger partial charge < -0.3 is 20.4 Å². The van der Waals surface area contributed by atoms with E-state index in [-0.39, 0.29) is 19.0 Å². The van der Waals surface area contributed by atoms with Crippen molar-refractivity contribution in [1.82, 2.24) is 10.2 Å². The Hall–Kier alpha value is -1.30. The second-order valence-electron chi connectivity index (χ2n) is 4.86. The number of rotatable bonds is 5. The normalized spacial score (nSPS) is 19.0. The third-order valence-corrected chi connectivity index (χ3v) is 3.06. The maximum atomic E-state index is 11.8. The van der Waals surface area contributed by atoms with Gasteiger partial charge in [-0.3, -0.25) is 4.79 Å². The van der Waals surface area contributed by atoms with Crippen molar-refractivity contribution in [2.24, 2.45) is 0 Å². The van der Waals surface area contributed by atoms with Crippen LogP contribution in [0, 0.1) is 0 Å². The van der Waals surface area contributed by atoms with Crippen LogP contribution in [-0.2, 0) is 4.79 Å². The molecule has 1 aliphatic carbocycles. The van der Waals surface area contributed by atoms with Crippen molar-refractivity contribution >= 4 is 12.0 Å². The van der Waals surface area contributed by atoms with Crippen molar-refractivity contribution < 1.29 is 19.8 Å². The predicted molar refractivity (Wildman–Crippen MR) is 61.7 cm³/mol. The summed E-state index contributed by atoms with van der Waals surface area (Å²) in [6.45, 7) is 1.83. The van der Waals surface area contributed by atoms with Gasteiger partial charge in [-0.1, -0.05) is 0 Å². The van der Waals surface area contributed by atoms with Gasteiger partial charge in [0.05, 0.1) is 18.1 Å². The van der Waals surface area contributed by atoms with Gasteiger partial charge in [0.1, 0.15) is 0 Å². The molecule has 1 aliphatic rings. The van der Waals surface area contributed by atoms with E-state index < -0.39 is 17.6 Å². The lowest BCUT2D eigenvalue weighted by atomic mass is 9.74. The van der Waals surface area contributed by atoms with Gasteiger partial charge in [0, 0.05) is 13.6 Å². The zero-order valence-electron chi connectivity index (χ0n) is 10.3. The summed E-state index contributed by atoms with van der Waals surface area (Å²) in [7, 11) is 1.58. The Kier molecular flexibility index (Phi) is 4.34. The molecule has 0 radical (unpaired) electrons. The van der Waals surface area contributed by atoms with Crippen molar-refractivity contribution in [2.45, 2.75) is 44.2 Å². The molecule has 6 heteroatoms. The second-order valence-corrected chi connectivity index (χ2v) is 4.86. The van der Waals surface area contributed by atoms with Crippen molar-refractivity contribution in [2.75, 3.05) is 13.6 Å². The van der Waals surface area contributed by atoms with Crippen molar-refractivity contribution in [3.63, 3.8) is 0 Å². The van der Waals surface area contributed by atoms with Crippen LogP contribution in [0.4, 0.5) is 4.79 Å². The Labute approximate surface area is 101 Å². The molecular weight excluding hydrogens is 224 g/mol. The molecule has 1 unspecified atom stereocenters. The number of aliphatic hydroxyl groups excluding tert-OH is 1. The van der Waals surface area contributed by atoms with Gasteiger partial charge in [-0.15, -0.1) is 0 Å². The van der Waals surface area contributed by atoms with Crippen LogP contribution in [0.2, 0.25) is 0 Å². The van der Waals surface area contributed by atoms with E-state index in [2.05, 4.69) is 5.32 Å². The Morgan fingerprint density at radius 2 is 2.06 bits per heavy atom. The molecule has 98 valence electrons. The van der Waals surface area contributed by atoms with E-state index in [1.807, 2.05) is 0 Å². The van der Waals surface area contributed by atoms with E-state index in [1.165, 1.54) is 4.90 Å². The summed E-state index contributed by atoms with van der Waals surface area (Å²) < 4.78 is 0. The van der Waals surface area contributed by atoms with E-state index in [0.717, 1.165) is 6.42 Å². The van der Waals surface area contributed by atoms with Crippen LogP contribution < -0.4 is 5.32 Å². The molecule has 0 bridgehead atoms. The lowest BCUT2D eigenvalue weighted by Gasteiger charge is -2.42. The van der Waals surface area contributed by atoms with Gasteiger partial charge in [0.25, 0.3) is 0 Å². The van der Waals surface area contributed by atoms with Gasteiger partial charge in [-0.2, -0.15) is 0 Å². The van der Waals surface area contributed by atoms with Gasteiger partial charge in [-0.05, 0) is 26.2 Å². The number of aliphatic hydroxyl groups is 1. The average Bonchev–Trinajstić information content (AvgIpc) is 2.12. The molecule has 0 spiro atoms. The zero-order valence-corrected chi connectivity index (χ0v) is 10.3. The molecule has 0 heterocycles. The molecular formula is C11H20N2O4. The summed E-state index contributed by atoms with van der Waals surface area (Å²) in [5.41, 5.74) is -0.587. The Balaban J connectivity index is 2.50. The molecule has 0 saturated heterocycles. The fourth-order valence-electron chi connectivity index (χ4n) is 2.04. The summed E-state index contributed by atoms with van der Waals surface area (Å²) in [6, 6.07) is -0.327. The van der Waals surface area contributed by atoms with E-state index in [9.17, 15) is 14.7 Å². The number of aliphatic carboxylic acids is 1. The molecule has 2 amide bonds. The maximum absolute atomic E-state index is 11.8. The molecule has 3 N–H and O–H groups in total. The fourth-order valence-corrected chi connectivity index (χ4v) is 2.04. The highest BCUT2D eigenvalue weighted by molar-refractivity contribution is 5.77. The van der Waals surface area contributed by atoms with Crippen molar-refractivity contribution in [3.8, 4) is 0 Å². The number of carboxylic acids is 1.